The number of aryl methyl sites for hydroxylation is 1. The van der Waals surface area contributed by atoms with E-state index in [0.717, 1.165) is 5.56 Å². The molecule has 0 aliphatic rings. The Labute approximate surface area is 114 Å². The van der Waals surface area contributed by atoms with E-state index in [1.807, 2.05) is 6.92 Å². The van der Waals surface area contributed by atoms with Crippen LogP contribution in [0.25, 0.3) is 0 Å². The van der Waals surface area contributed by atoms with Crippen LogP contribution in [0, 0.1) is 5.41 Å². The molecule has 0 aromatic carbocycles. The minimum Gasteiger partial charge on any atom is -0.387 e. The van der Waals surface area contributed by atoms with Gasteiger partial charge in [-0.05, 0) is 30.5 Å². The van der Waals surface area contributed by atoms with Crippen LogP contribution in [0.1, 0.15) is 18.9 Å². The largest absolute Gasteiger partial charge is 0.387 e. The standard InChI is InChI=1S/C12H20N4O2S/c1-2-8-16(10-12(13)14)19(17,18)9-5-11-3-6-15-7-4-11/h3-4,6-7H,2,5,8-10H2,1H3,(H3,13,14). The fraction of sp³-hybridized carbons (Fsp3) is 0.500. The SMILES string of the molecule is CCCN(CC(=N)N)S(=O)(=O)CCc1ccncc1. The third-order valence-corrected chi connectivity index (χ3v) is 4.43. The summed E-state index contributed by atoms with van der Waals surface area (Å²) in [6.07, 6.45) is 4.41. The summed E-state index contributed by atoms with van der Waals surface area (Å²) in [4.78, 5) is 3.89. The number of nitrogens with two attached hydrogens (primary N) is 1. The third-order valence-electron chi connectivity index (χ3n) is 2.61. The monoisotopic (exact) mass is 284 g/mol. The van der Waals surface area contributed by atoms with Crippen molar-refractivity contribution >= 4 is 15.9 Å². The van der Waals surface area contributed by atoms with Crippen molar-refractivity contribution in [1.29, 1.82) is 5.41 Å². The van der Waals surface area contributed by atoms with Gasteiger partial charge in [0.1, 0.15) is 5.84 Å². The molecule has 0 saturated carbocycles. The highest BCUT2D eigenvalue weighted by Crippen LogP contribution is 2.07. The maximum atomic E-state index is 12.2. The van der Waals surface area contributed by atoms with Gasteiger partial charge in [-0.15, -0.1) is 0 Å². The predicted octanol–water partition coefficient (Wildman–Crippen LogP) is 0.602. The molecule has 0 radical (unpaired) electrons. The second-order valence-corrected chi connectivity index (χ2v) is 6.37. The van der Waals surface area contributed by atoms with Crippen LogP contribution in [0.2, 0.25) is 0 Å². The fourth-order valence-electron chi connectivity index (χ4n) is 1.68. The molecule has 19 heavy (non-hydrogen) atoms. The lowest BCUT2D eigenvalue weighted by Crippen LogP contribution is -2.40. The zero-order valence-corrected chi connectivity index (χ0v) is 11.9. The number of hydrogen-bond acceptors (Lipinski definition) is 4. The molecule has 0 aliphatic heterocycles. The summed E-state index contributed by atoms with van der Waals surface area (Å²) in [5, 5.41) is 7.24. The van der Waals surface area contributed by atoms with Gasteiger partial charge in [-0.1, -0.05) is 6.92 Å². The van der Waals surface area contributed by atoms with Gasteiger partial charge in [0, 0.05) is 18.9 Å². The number of rotatable bonds is 8. The summed E-state index contributed by atoms with van der Waals surface area (Å²) < 4.78 is 25.6. The Hall–Kier alpha value is -1.47. The molecule has 0 amide bonds. The Bertz CT molecular complexity index is 502. The molecule has 1 aromatic heterocycles. The topological polar surface area (TPSA) is 100 Å². The maximum Gasteiger partial charge on any atom is 0.214 e. The summed E-state index contributed by atoms with van der Waals surface area (Å²) in [6.45, 7) is 2.25. The van der Waals surface area contributed by atoms with Crippen molar-refractivity contribution in [3.05, 3.63) is 30.1 Å². The van der Waals surface area contributed by atoms with Crippen LogP contribution in [0.15, 0.2) is 24.5 Å². The van der Waals surface area contributed by atoms with E-state index in [9.17, 15) is 8.42 Å². The van der Waals surface area contributed by atoms with E-state index in [0.29, 0.717) is 19.4 Å². The molecule has 0 fully saturated rings. The molecule has 0 aliphatic carbocycles. The van der Waals surface area contributed by atoms with Crippen LogP contribution in [0.5, 0.6) is 0 Å². The minimum absolute atomic E-state index is 0.0181. The number of hydrogen-bond donors (Lipinski definition) is 2. The Balaban J connectivity index is 2.69. The van der Waals surface area contributed by atoms with Gasteiger partial charge in [-0.2, -0.15) is 4.31 Å². The van der Waals surface area contributed by atoms with Gasteiger partial charge >= 0.3 is 0 Å². The Morgan fingerprint density at radius 3 is 2.58 bits per heavy atom. The Morgan fingerprint density at radius 2 is 2.05 bits per heavy atom. The number of sulfonamides is 1. The second-order valence-electron chi connectivity index (χ2n) is 4.28. The number of pyridine rings is 1. The maximum absolute atomic E-state index is 12.2. The molecule has 0 spiro atoms. The first-order valence-corrected chi connectivity index (χ1v) is 7.76. The molecule has 106 valence electrons. The van der Waals surface area contributed by atoms with Crippen molar-refractivity contribution in [2.45, 2.75) is 19.8 Å². The van der Waals surface area contributed by atoms with E-state index < -0.39 is 10.0 Å². The third kappa shape index (κ3) is 5.35. The Kier molecular flexibility index (Phi) is 5.91. The fourth-order valence-corrected chi connectivity index (χ4v) is 3.23. The van der Waals surface area contributed by atoms with E-state index in [4.69, 9.17) is 11.1 Å². The van der Waals surface area contributed by atoms with Crippen LogP contribution in [0.3, 0.4) is 0 Å². The molecule has 1 aromatic rings. The normalized spacial score (nSPS) is 11.7. The summed E-state index contributed by atoms with van der Waals surface area (Å²) in [6, 6.07) is 3.59. The first kappa shape index (κ1) is 15.6. The van der Waals surface area contributed by atoms with Gasteiger partial charge in [0.2, 0.25) is 10.0 Å². The molecule has 0 unspecified atom stereocenters. The molecule has 7 heteroatoms. The second kappa shape index (κ2) is 7.20. The molecule has 6 nitrogen and oxygen atoms in total. The first-order valence-electron chi connectivity index (χ1n) is 6.15. The zero-order chi connectivity index (χ0) is 14.3. The average molecular weight is 284 g/mol. The van der Waals surface area contributed by atoms with Crippen molar-refractivity contribution in [2.75, 3.05) is 18.8 Å². The van der Waals surface area contributed by atoms with E-state index in [1.165, 1.54) is 4.31 Å². The van der Waals surface area contributed by atoms with Crippen molar-refractivity contribution in [2.24, 2.45) is 5.73 Å². The van der Waals surface area contributed by atoms with Crippen LogP contribution in [-0.4, -0.2) is 42.4 Å². The molecular formula is C12H20N4O2S. The number of nitrogens with zero attached hydrogens (tertiary/aromatic N) is 2. The zero-order valence-electron chi connectivity index (χ0n) is 11.0. The van der Waals surface area contributed by atoms with Gasteiger partial charge in [-0.3, -0.25) is 10.4 Å². The van der Waals surface area contributed by atoms with Crippen LogP contribution in [0.4, 0.5) is 0 Å². The summed E-state index contributed by atoms with van der Waals surface area (Å²) in [5.41, 5.74) is 6.23. The number of amidine groups is 1. The van der Waals surface area contributed by atoms with Gasteiger partial charge in [0.25, 0.3) is 0 Å². The van der Waals surface area contributed by atoms with E-state index in [1.54, 1.807) is 24.5 Å². The lowest BCUT2D eigenvalue weighted by atomic mass is 10.2. The lowest BCUT2D eigenvalue weighted by molar-refractivity contribution is 0.447. The summed E-state index contributed by atoms with van der Waals surface area (Å²) in [5.74, 6) is -0.120. The molecule has 0 atom stereocenters. The van der Waals surface area contributed by atoms with Crippen molar-refractivity contribution < 1.29 is 8.42 Å². The van der Waals surface area contributed by atoms with Crippen LogP contribution in [-0.2, 0) is 16.4 Å². The molecule has 3 N–H and O–H groups in total. The highest BCUT2D eigenvalue weighted by molar-refractivity contribution is 7.89. The minimum atomic E-state index is -3.39. The average Bonchev–Trinajstić information content (AvgIpc) is 2.37. The summed E-state index contributed by atoms with van der Waals surface area (Å²) in [7, 11) is -3.39. The molecule has 1 heterocycles. The van der Waals surface area contributed by atoms with Crippen molar-refractivity contribution in [1.82, 2.24) is 9.29 Å². The van der Waals surface area contributed by atoms with E-state index in [-0.39, 0.29) is 18.1 Å². The first-order chi connectivity index (χ1) is 8.95. The van der Waals surface area contributed by atoms with Crippen LogP contribution >= 0.6 is 0 Å². The highest BCUT2D eigenvalue weighted by atomic mass is 32.2. The summed E-state index contributed by atoms with van der Waals surface area (Å²) >= 11 is 0. The van der Waals surface area contributed by atoms with Gasteiger partial charge in [-0.25, -0.2) is 8.42 Å². The van der Waals surface area contributed by atoms with E-state index >= 15 is 0 Å². The highest BCUT2D eigenvalue weighted by Gasteiger charge is 2.21. The van der Waals surface area contributed by atoms with Gasteiger partial charge < -0.3 is 5.73 Å². The molecule has 0 saturated heterocycles. The van der Waals surface area contributed by atoms with E-state index in [2.05, 4.69) is 4.98 Å². The van der Waals surface area contributed by atoms with Crippen molar-refractivity contribution in [3.63, 3.8) is 0 Å². The van der Waals surface area contributed by atoms with Gasteiger partial charge in [0.05, 0.1) is 12.3 Å². The van der Waals surface area contributed by atoms with Gasteiger partial charge in [0.15, 0.2) is 0 Å². The number of aromatic nitrogens is 1. The smallest absolute Gasteiger partial charge is 0.214 e. The quantitative estimate of drug-likeness (QED) is 0.539. The Morgan fingerprint density at radius 1 is 1.42 bits per heavy atom. The van der Waals surface area contributed by atoms with Crippen LogP contribution < -0.4 is 5.73 Å². The van der Waals surface area contributed by atoms with Crippen molar-refractivity contribution in [3.8, 4) is 0 Å². The molecule has 0 bridgehead atoms. The molecule has 1 rings (SSSR count). The lowest BCUT2D eigenvalue weighted by Gasteiger charge is -2.20. The molecular weight excluding hydrogens is 264 g/mol. The number of nitrogens with one attached hydrogen (secondary N) is 1. The predicted molar refractivity (Wildman–Crippen MR) is 75.5 cm³/mol.